The van der Waals surface area contributed by atoms with Gasteiger partial charge in [0.25, 0.3) is 0 Å². The van der Waals surface area contributed by atoms with Crippen molar-refractivity contribution in [3.05, 3.63) is 42.0 Å². The summed E-state index contributed by atoms with van der Waals surface area (Å²) >= 11 is 0. The van der Waals surface area contributed by atoms with E-state index in [2.05, 4.69) is 0 Å². The number of hydrogen-bond acceptors (Lipinski definition) is 2. The number of carbonyl (C=O) groups excluding carboxylic acids is 1. The number of nitriles is 1. The van der Waals surface area contributed by atoms with Crippen molar-refractivity contribution in [2.45, 2.75) is 6.42 Å². The van der Waals surface area contributed by atoms with Crippen LogP contribution in [0.3, 0.4) is 0 Å². The molecule has 0 saturated heterocycles. The number of carbonyl (C=O) groups is 1. The Labute approximate surface area is 95.6 Å². The molecule has 0 aliphatic heterocycles. The number of amides is 1. The van der Waals surface area contributed by atoms with Crippen LogP contribution in [0.4, 0.5) is 0 Å². The van der Waals surface area contributed by atoms with Crippen LogP contribution in [-0.4, -0.2) is 24.4 Å². The lowest BCUT2D eigenvalue weighted by Gasteiger charge is -2.12. The zero-order chi connectivity index (χ0) is 11.8. The van der Waals surface area contributed by atoms with Gasteiger partial charge in [-0.1, -0.05) is 30.3 Å². The standard InChI is InChI=1S/C13H14N2O/c1-15(11-5-10-14)13(16)9-8-12-6-3-2-4-7-12/h2-4,6-9H,5,11H2,1H3. The van der Waals surface area contributed by atoms with Crippen LogP contribution in [0.5, 0.6) is 0 Å². The number of rotatable bonds is 4. The van der Waals surface area contributed by atoms with Crippen LogP contribution in [0.15, 0.2) is 36.4 Å². The van der Waals surface area contributed by atoms with Gasteiger partial charge in [-0.05, 0) is 11.6 Å². The summed E-state index contributed by atoms with van der Waals surface area (Å²) in [7, 11) is 1.69. The number of benzene rings is 1. The first-order valence-electron chi connectivity index (χ1n) is 5.09. The average molecular weight is 214 g/mol. The van der Waals surface area contributed by atoms with Crippen molar-refractivity contribution < 1.29 is 4.79 Å². The molecule has 0 N–H and O–H groups in total. The average Bonchev–Trinajstić information content (AvgIpc) is 2.34. The molecule has 1 aromatic carbocycles. The molecule has 0 saturated carbocycles. The fourth-order valence-corrected chi connectivity index (χ4v) is 1.19. The molecule has 0 aromatic heterocycles. The normalized spacial score (nSPS) is 10.0. The zero-order valence-electron chi connectivity index (χ0n) is 9.26. The molecule has 0 aliphatic carbocycles. The molecule has 82 valence electrons. The summed E-state index contributed by atoms with van der Waals surface area (Å²) < 4.78 is 0. The summed E-state index contributed by atoms with van der Waals surface area (Å²) in [4.78, 5) is 13.1. The molecule has 1 aromatic rings. The molecule has 3 nitrogen and oxygen atoms in total. The van der Waals surface area contributed by atoms with Gasteiger partial charge in [-0.2, -0.15) is 5.26 Å². The predicted octanol–water partition coefficient (Wildman–Crippen LogP) is 2.07. The van der Waals surface area contributed by atoms with Crippen LogP contribution in [-0.2, 0) is 4.79 Å². The molecule has 0 fully saturated rings. The maximum atomic E-state index is 11.6. The van der Waals surface area contributed by atoms with Gasteiger partial charge in [0.15, 0.2) is 0 Å². The molecule has 16 heavy (non-hydrogen) atoms. The summed E-state index contributed by atoms with van der Waals surface area (Å²) in [5.74, 6) is -0.0842. The largest absolute Gasteiger partial charge is 0.341 e. The van der Waals surface area contributed by atoms with Crippen molar-refractivity contribution in [2.75, 3.05) is 13.6 Å². The van der Waals surface area contributed by atoms with Gasteiger partial charge in [0.2, 0.25) is 5.91 Å². The van der Waals surface area contributed by atoms with E-state index in [4.69, 9.17) is 5.26 Å². The number of hydrogen-bond donors (Lipinski definition) is 0. The van der Waals surface area contributed by atoms with Crippen molar-refractivity contribution in [1.29, 1.82) is 5.26 Å². The minimum absolute atomic E-state index is 0.0842. The van der Waals surface area contributed by atoms with Crippen LogP contribution in [0.25, 0.3) is 6.08 Å². The van der Waals surface area contributed by atoms with Gasteiger partial charge in [0.1, 0.15) is 0 Å². The molecular formula is C13H14N2O. The monoisotopic (exact) mass is 214 g/mol. The molecule has 1 amide bonds. The SMILES string of the molecule is CN(CCC#N)C(=O)C=Cc1ccccc1. The van der Waals surface area contributed by atoms with Crippen molar-refractivity contribution in [3.63, 3.8) is 0 Å². The lowest BCUT2D eigenvalue weighted by atomic mass is 10.2. The van der Waals surface area contributed by atoms with Crippen LogP contribution in [0, 0.1) is 11.3 Å². The molecular weight excluding hydrogens is 200 g/mol. The van der Waals surface area contributed by atoms with E-state index in [9.17, 15) is 4.79 Å². The van der Waals surface area contributed by atoms with E-state index >= 15 is 0 Å². The Morgan fingerprint density at radius 2 is 2.12 bits per heavy atom. The summed E-state index contributed by atoms with van der Waals surface area (Å²) in [5.41, 5.74) is 0.990. The van der Waals surface area contributed by atoms with E-state index in [0.29, 0.717) is 13.0 Å². The van der Waals surface area contributed by atoms with Crippen LogP contribution < -0.4 is 0 Å². The molecule has 3 heteroatoms. The second-order valence-electron chi connectivity index (χ2n) is 3.41. The molecule has 0 heterocycles. The molecule has 0 radical (unpaired) electrons. The van der Waals surface area contributed by atoms with E-state index in [-0.39, 0.29) is 5.91 Å². The predicted molar refractivity (Wildman–Crippen MR) is 63.3 cm³/mol. The Kier molecular flexibility index (Phi) is 4.81. The summed E-state index contributed by atoms with van der Waals surface area (Å²) in [6, 6.07) is 11.6. The van der Waals surface area contributed by atoms with Crippen molar-refractivity contribution in [2.24, 2.45) is 0 Å². The molecule has 0 bridgehead atoms. The number of nitrogens with zero attached hydrogens (tertiary/aromatic N) is 2. The highest BCUT2D eigenvalue weighted by Crippen LogP contribution is 2.01. The van der Waals surface area contributed by atoms with Crippen molar-refractivity contribution in [1.82, 2.24) is 4.90 Å². The Bertz CT molecular complexity index is 404. The third-order valence-electron chi connectivity index (χ3n) is 2.15. The summed E-state index contributed by atoms with van der Waals surface area (Å²) in [6.07, 6.45) is 3.65. The quantitative estimate of drug-likeness (QED) is 0.720. The topological polar surface area (TPSA) is 44.1 Å². The smallest absolute Gasteiger partial charge is 0.246 e. The van der Waals surface area contributed by atoms with Crippen LogP contribution in [0.1, 0.15) is 12.0 Å². The highest BCUT2D eigenvalue weighted by Gasteiger charge is 2.02. The maximum absolute atomic E-state index is 11.6. The van der Waals surface area contributed by atoms with Gasteiger partial charge in [-0.25, -0.2) is 0 Å². The number of likely N-dealkylation sites (N-methyl/N-ethyl adjacent to an activating group) is 1. The van der Waals surface area contributed by atoms with Gasteiger partial charge in [0, 0.05) is 19.7 Å². The molecule has 0 unspecified atom stereocenters. The first-order valence-corrected chi connectivity index (χ1v) is 5.09. The fourth-order valence-electron chi connectivity index (χ4n) is 1.19. The van der Waals surface area contributed by atoms with Gasteiger partial charge >= 0.3 is 0 Å². The van der Waals surface area contributed by atoms with Gasteiger partial charge in [-0.15, -0.1) is 0 Å². The fraction of sp³-hybridized carbons (Fsp3) is 0.231. The molecule has 0 atom stereocenters. The third kappa shape index (κ3) is 3.97. The van der Waals surface area contributed by atoms with E-state index in [1.54, 1.807) is 13.1 Å². The van der Waals surface area contributed by atoms with Gasteiger partial charge in [-0.3, -0.25) is 4.79 Å². The third-order valence-corrected chi connectivity index (χ3v) is 2.15. The summed E-state index contributed by atoms with van der Waals surface area (Å²) in [5, 5.41) is 8.40. The lowest BCUT2D eigenvalue weighted by molar-refractivity contribution is -0.124. The van der Waals surface area contributed by atoms with Gasteiger partial charge in [0.05, 0.1) is 12.5 Å². The molecule has 0 aliphatic rings. The van der Waals surface area contributed by atoms with E-state index < -0.39 is 0 Å². The Hall–Kier alpha value is -2.08. The minimum Gasteiger partial charge on any atom is -0.341 e. The Balaban J connectivity index is 2.51. The maximum Gasteiger partial charge on any atom is 0.246 e. The van der Waals surface area contributed by atoms with Crippen molar-refractivity contribution in [3.8, 4) is 6.07 Å². The Morgan fingerprint density at radius 1 is 1.44 bits per heavy atom. The van der Waals surface area contributed by atoms with Gasteiger partial charge < -0.3 is 4.90 Å². The van der Waals surface area contributed by atoms with E-state index in [0.717, 1.165) is 5.56 Å². The highest BCUT2D eigenvalue weighted by atomic mass is 16.2. The molecule has 1 rings (SSSR count). The summed E-state index contributed by atoms with van der Waals surface area (Å²) in [6.45, 7) is 0.467. The first kappa shape index (κ1) is 12.0. The Morgan fingerprint density at radius 3 is 2.75 bits per heavy atom. The first-order chi connectivity index (χ1) is 7.74. The second kappa shape index (κ2) is 6.41. The highest BCUT2D eigenvalue weighted by molar-refractivity contribution is 5.91. The lowest BCUT2D eigenvalue weighted by Crippen LogP contribution is -2.25. The van der Waals surface area contributed by atoms with Crippen LogP contribution >= 0.6 is 0 Å². The van der Waals surface area contributed by atoms with E-state index in [1.807, 2.05) is 36.4 Å². The van der Waals surface area contributed by atoms with E-state index in [1.165, 1.54) is 11.0 Å². The second-order valence-corrected chi connectivity index (χ2v) is 3.41. The van der Waals surface area contributed by atoms with Crippen LogP contribution in [0.2, 0.25) is 0 Å². The zero-order valence-corrected chi connectivity index (χ0v) is 9.26. The minimum atomic E-state index is -0.0842. The molecule has 0 spiro atoms. The van der Waals surface area contributed by atoms with Crippen molar-refractivity contribution >= 4 is 12.0 Å².